The van der Waals surface area contributed by atoms with Crippen LogP contribution in [-0.4, -0.2) is 18.6 Å². The topological polar surface area (TPSA) is 95.7 Å². The molecular formula is C11H6ClFN4O2S. The van der Waals surface area contributed by atoms with Gasteiger partial charge >= 0.3 is 0 Å². The van der Waals surface area contributed by atoms with Crippen LogP contribution >= 0.6 is 11.6 Å². The van der Waals surface area contributed by atoms with E-state index in [4.69, 9.17) is 16.9 Å². The highest BCUT2D eigenvalue weighted by Crippen LogP contribution is 2.20. The summed E-state index contributed by atoms with van der Waals surface area (Å²) in [6.07, 6.45) is 0. The standard InChI is InChI=1S/C11H6ClFN4O2S/c12-10-4-5-11(16-15-10)17-20(18,19)9-3-1-2-8(13)7(9)6-14/h1-5H,(H,16,17). The molecule has 0 saturated carbocycles. The molecule has 1 heterocycles. The number of sulfonamides is 1. The van der Waals surface area contributed by atoms with Gasteiger partial charge in [-0.1, -0.05) is 17.7 Å². The summed E-state index contributed by atoms with van der Waals surface area (Å²) in [5.74, 6) is -1.01. The van der Waals surface area contributed by atoms with E-state index in [2.05, 4.69) is 14.9 Å². The van der Waals surface area contributed by atoms with Gasteiger partial charge in [0.1, 0.15) is 22.3 Å². The number of hydrogen-bond donors (Lipinski definition) is 1. The van der Waals surface area contributed by atoms with Gasteiger partial charge in [-0.15, -0.1) is 10.2 Å². The molecule has 0 aliphatic rings. The van der Waals surface area contributed by atoms with Crippen molar-refractivity contribution >= 4 is 27.4 Å². The lowest BCUT2D eigenvalue weighted by Crippen LogP contribution is -2.16. The van der Waals surface area contributed by atoms with Gasteiger partial charge in [0.15, 0.2) is 11.0 Å². The van der Waals surface area contributed by atoms with E-state index in [9.17, 15) is 12.8 Å². The number of nitrogens with one attached hydrogen (secondary N) is 1. The van der Waals surface area contributed by atoms with Crippen LogP contribution in [-0.2, 0) is 10.0 Å². The maximum atomic E-state index is 13.4. The first-order valence-electron chi connectivity index (χ1n) is 5.15. The molecule has 0 aliphatic carbocycles. The molecule has 2 rings (SSSR count). The van der Waals surface area contributed by atoms with Gasteiger partial charge in [0, 0.05) is 0 Å². The first kappa shape index (κ1) is 14.2. The highest BCUT2D eigenvalue weighted by molar-refractivity contribution is 7.92. The van der Waals surface area contributed by atoms with E-state index < -0.39 is 26.3 Å². The predicted octanol–water partition coefficient (Wildman–Crippen LogP) is 1.94. The van der Waals surface area contributed by atoms with Gasteiger partial charge in [0.2, 0.25) is 0 Å². The van der Waals surface area contributed by atoms with E-state index in [1.54, 1.807) is 0 Å². The first-order chi connectivity index (χ1) is 9.44. The lowest BCUT2D eigenvalue weighted by atomic mass is 10.2. The lowest BCUT2D eigenvalue weighted by molar-refractivity contribution is 0.593. The van der Waals surface area contributed by atoms with Crippen molar-refractivity contribution in [3.8, 4) is 6.07 Å². The summed E-state index contributed by atoms with van der Waals surface area (Å²) in [4.78, 5) is -0.475. The Morgan fingerprint density at radius 1 is 1.25 bits per heavy atom. The fourth-order valence-electron chi connectivity index (χ4n) is 1.40. The van der Waals surface area contributed by atoms with Crippen LogP contribution in [0, 0.1) is 17.1 Å². The van der Waals surface area contributed by atoms with E-state index in [0.717, 1.165) is 12.1 Å². The van der Waals surface area contributed by atoms with E-state index in [1.165, 1.54) is 24.3 Å². The number of benzene rings is 1. The molecule has 0 aliphatic heterocycles. The third-order valence-electron chi connectivity index (χ3n) is 2.25. The molecular weight excluding hydrogens is 307 g/mol. The number of aromatic nitrogens is 2. The minimum Gasteiger partial charge on any atom is -0.262 e. The summed E-state index contributed by atoms with van der Waals surface area (Å²) >= 11 is 5.52. The van der Waals surface area contributed by atoms with E-state index in [-0.39, 0.29) is 11.0 Å². The highest BCUT2D eigenvalue weighted by Gasteiger charge is 2.21. The Bertz CT molecular complexity index is 787. The van der Waals surface area contributed by atoms with E-state index in [0.29, 0.717) is 0 Å². The van der Waals surface area contributed by atoms with E-state index >= 15 is 0 Å². The van der Waals surface area contributed by atoms with Gasteiger partial charge in [0.25, 0.3) is 10.0 Å². The van der Waals surface area contributed by atoms with Gasteiger partial charge < -0.3 is 0 Å². The van der Waals surface area contributed by atoms with Crippen LogP contribution in [0.25, 0.3) is 0 Å². The van der Waals surface area contributed by atoms with Crippen molar-refractivity contribution in [2.24, 2.45) is 0 Å². The fraction of sp³-hybridized carbons (Fsp3) is 0. The van der Waals surface area contributed by atoms with Crippen LogP contribution in [0.15, 0.2) is 35.2 Å². The highest BCUT2D eigenvalue weighted by atomic mass is 35.5. The summed E-state index contributed by atoms with van der Waals surface area (Å²) < 4.78 is 39.7. The lowest BCUT2D eigenvalue weighted by Gasteiger charge is -2.08. The van der Waals surface area contributed by atoms with Crippen LogP contribution in [0.5, 0.6) is 0 Å². The molecule has 1 aromatic carbocycles. The van der Waals surface area contributed by atoms with Crippen LogP contribution in [0.3, 0.4) is 0 Å². The molecule has 0 unspecified atom stereocenters. The third kappa shape index (κ3) is 2.84. The Morgan fingerprint density at radius 3 is 2.60 bits per heavy atom. The van der Waals surface area contributed by atoms with Gasteiger partial charge in [0.05, 0.1) is 0 Å². The van der Waals surface area contributed by atoms with Crippen LogP contribution in [0.4, 0.5) is 10.2 Å². The second-order valence-corrected chi connectivity index (χ2v) is 5.61. The Labute approximate surface area is 118 Å². The van der Waals surface area contributed by atoms with Gasteiger partial charge in [-0.25, -0.2) is 12.8 Å². The van der Waals surface area contributed by atoms with Crippen LogP contribution < -0.4 is 4.72 Å². The molecule has 20 heavy (non-hydrogen) atoms. The zero-order chi connectivity index (χ0) is 14.8. The number of nitrogens with zero attached hydrogens (tertiary/aromatic N) is 3. The SMILES string of the molecule is N#Cc1c(F)cccc1S(=O)(=O)Nc1ccc(Cl)nn1. The number of halogens is 2. The van der Waals surface area contributed by atoms with Gasteiger partial charge in [-0.05, 0) is 24.3 Å². The summed E-state index contributed by atoms with van der Waals surface area (Å²) in [7, 11) is -4.15. The molecule has 1 aromatic heterocycles. The Morgan fingerprint density at radius 2 is 2.00 bits per heavy atom. The molecule has 0 atom stereocenters. The second-order valence-electron chi connectivity index (χ2n) is 3.57. The average molecular weight is 313 g/mol. The molecule has 0 amide bonds. The number of nitriles is 1. The van der Waals surface area contributed by atoms with Crippen molar-refractivity contribution < 1.29 is 12.8 Å². The molecule has 2 aromatic rings. The van der Waals surface area contributed by atoms with Crippen LogP contribution in [0.2, 0.25) is 5.15 Å². The predicted molar refractivity (Wildman–Crippen MR) is 69.0 cm³/mol. The van der Waals surface area contributed by atoms with Gasteiger partial charge in [-0.2, -0.15) is 5.26 Å². The smallest absolute Gasteiger partial charge is 0.262 e. The van der Waals surface area contributed by atoms with E-state index in [1.807, 2.05) is 0 Å². The molecule has 102 valence electrons. The second kappa shape index (κ2) is 5.40. The summed E-state index contributed by atoms with van der Waals surface area (Å²) in [5, 5.41) is 15.9. The molecule has 1 N–H and O–H groups in total. The molecule has 0 spiro atoms. The zero-order valence-electron chi connectivity index (χ0n) is 9.71. The molecule has 0 saturated heterocycles. The van der Waals surface area contributed by atoms with Crippen molar-refractivity contribution in [2.75, 3.05) is 4.72 Å². The quantitative estimate of drug-likeness (QED) is 0.934. The van der Waals surface area contributed by atoms with Crippen molar-refractivity contribution in [1.29, 1.82) is 5.26 Å². The molecule has 9 heteroatoms. The molecule has 0 fully saturated rings. The molecule has 6 nitrogen and oxygen atoms in total. The van der Waals surface area contributed by atoms with Crippen molar-refractivity contribution in [2.45, 2.75) is 4.90 Å². The number of hydrogen-bond acceptors (Lipinski definition) is 5. The summed E-state index contributed by atoms with van der Waals surface area (Å²) in [6.45, 7) is 0. The monoisotopic (exact) mass is 312 g/mol. The largest absolute Gasteiger partial charge is 0.264 e. The Hall–Kier alpha value is -2.24. The normalized spacial score (nSPS) is 10.8. The van der Waals surface area contributed by atoms with Crippen molar-refractivity contribution in [1.82, 2.24) is 10.2 Å². The zero-order valence-corrected chi connectivity index (χ0v) is 11.3. The minimum atomic E-state index is -4.15. The number of rotatable bonds is 3. The number of anilines is 1. The Balaban J connectivity index is 2.44. The van der Waals surface area contributed by atoms with Gasteiger partial charge in [-0.3, -0.25) is 4.72 Å². The third-order valence-corrected chi connectivity index (χ3v) is 3.85. The van der Waals surface area contributed by atoms with Crippen molar-refractivity contribution in [3.63, 3.8) is 0 Å². The molecule has 0 bridgehead atoms. The summed E-state index contributed by atoms with van der Waals surface area (Å²) in [6, 6.07) is 7.45. The minimum absolute atomic E-state index is 0.0939. The molecule has 0 radical (unpaired) electrons. The Kier molecular flexibility index (Phi) is 3.83. The van der Waals surface area contributed by atoms with Crippen molar-refractivity contribution in [3.05, 3.63) is 46.9 Å². The summed E-state index contributed by atoms with van der Waals surface area (Å²) in [5.41, 5.74) is -0.568. The van der Waals surface area contributed by atoms with Crippen LogP contribution in [0.1, 0.15) is 5.56 Å². The maximum absolute atomic E-state index is 13.4. The first-order valence-corrected chi connectivity index (χ1v) is 7.01. The fourth-order valence-corrected chi connectivity index (χ4v) is 2.66. The average Bonchev–Trinajstić information content (AvgIpc) is 2.41. The maximum Gasteiger partial charge on any atom is 0.264 e.